The van der Waals surface area contributed by atoms with Gasteiger partial charge in [-0.25, -0.2) is 14.6 Å². The minimum Gasteiger partial charge on any atom is -0.440 e. The standard InChI is InChI=1S/C15H24F2N2O4/c1-13(2)5-11(19-10-20)6-14(3,7-13)8-18-12(21)23-9-15(16,17)22-4/h11H,5-9H2,1-4H3,(H,18,21). The summed E-state index contributed by atoms with van der Waals surface area (Å²) >= 11 is 0. The summed E-state index contributed by atoms with van der Waals surface area (Å²) in [5, 5.41) is 2.50. The summed E-state index contributed by atoms with van der Waals surface area (Å²) in [5.74, 6) is 0. The summed E-state index contributed by atoms with van der Waals surface area (Å²) in [4.78, 5) is 25.9. The van der Waals surface area contributed by atoms with Crippen molar-refractivity contribution < 1.29 is 27.8 Å². The molecule has 2 unspecified atom stereocenters. The Bertz CT molecular complexity index is 478. The molecule has 0 aromatic carbocycles. The van der Waals surface area contributed by atoms with Gasteiger partial charge < -0.3 is 14.8 Å². The first-order chi connectivity index (χ1) is 10.5. The number of halogens is 2. The normalized spacial score (nSPS) is 27.0. The molecule has 1 aliphatic rings. The second-order valence-electron chi connectivity index (χ2n) is 7.21. The van der Waals surface area contributed by atoms with E-state index in [0.29, 0.717) is 6.42 Å². The second kappa shape index (κ2) is 7.36. The van der Waals surface area contributed by atoms with Gasteiger partial charge in [-0.1, -0.05) is 20.8 Å². The van der Waals surface area contributed by atoms with Gasteiger partial charge in [-0.15, -0.1) is 0 Å². The number of amides is 1. The second-order valence-corrected chi connectivity index (χ2v) is 7.21. The lowest BCUT2D eigenvalue weighted by molar-refractivity contribution is -0.241. The van der Waals surface area contributed by atoms with Crippen LogP contribution in [0, 0.1) is 10.8 Å². The molecule has 23 heavy (non-hydrogen) atoms. The molecule has 0 aromatic rings. The van der Waals surface area contributed by atoms with Crippen molar-refractivity contribution in [1.82, 2.24) is 5.32 Å². The van der Waals surface area contributed by atoms with Crippen LogP contribution in [0.1, 0.15) is 40.0 Å². The lowest BCUT2D eigenvalue weighted by Gasteiger charge is -2.45. The summed E-state index contributed by atoms with van der Waals surface area (Å²) in [6.45, 7) is 5.20. The summed E-state index contributed by atoms with van der Waals surface area (Å²) in [5.41, 5.74) is -0.359. The van der Waals surface area contributed by atoms with Crippen LogP contribution in [-0.2, 0) is 14.3 Å². The van der Waals surface area contributed by atoms with E-state index in [1.807, 2.05) is 6.92 Å². The fraction of sp³-hybridized carbons (Fsp3) is 0.867. The number of ether oxygens (including phenoxy) is 2. The number of nitrogens with zero attached hydrogens (tertiary/aromatic N) is 1. The molecule has 0 heterocycles. The van der Waals surface area contributed by atoms with Gasteiger partial charge in [0.05, 0.1) is 6.04 Å². The number of alkyl carbamates (subject to hydrolysis) is 1. The third kappa shape index (κ3) is 6.62. The van der Waals surface area contributed by atoms with E-state index in [9.17, 15) is 18.4 Å². The van der Waals surface area contributed by atoms with Gasteiger partial charge in [0.2, 0.25) is 6.08 Å². The topological polar surface area (TPSA) is 77.0 Å². The molecule has 1 aliphatic carbocycles. The molecule has 0 radical (unpaired) electrons. The quantitative estimate of drug-likeness (QED) is 0.598. The van der Waals surface area contributed by atoms with E-state index in [1.165, 1.54) is 0 Å². The maximum absolute atomic E-state index is 12.8. The van der Waals surface area contributed by atoms with Crippen LogP contribution >= 0.6 is 0 Å². The van der Waals surface area contributed by atoms with Crippen LogP contribution in [0.4, 0.5) is 13.6 Å². The molecule has 0 aliphatic heterocycles. The predicted octanol–water partition coefficient (Wildman–Crippen LogP) is 2.87. The molecular weight excluding hydrogens is 310 g/mol. The van der Waals surface area contributed by atoms with Gasteiger partial charge in [0, 0.05) is 13.7 Å². The molecule has 2 atom stereocenters. The first-order valence-electron chi connectivity index (χ1n) is 7.41. The van der Waals surface area contributed by atoms with E-state index >= 15 is 0 Å². The summed E-state index contributed by atoms with van der Waals surface area (Å²) in [6, 6.07) is -0.156. The van der Waals surface area contributed by atoms with Gasteiger partial charge in [-0.05, 0) is 30.1 Å². The molecule has 1 N–H and O–H groups in total. The largest absolute Gasteiger partial charge is 0.440 e. The van der Waals surface area contributed by atoms with Gasteiger partial charge in [-0.3, -0.25) is 0 Å². The highest BCUT2D eigenvalue weighted by molar-refractivity contribution is 5.67. The van der Waals surface area contributed by atoms with Crippen molar-refractivity contribution in [1.29, 1.82) is 0 Å². The number of hydrogen-bond donors (Lipinski definition) is 1. The third-order valence-corrected chi connectivity index (χ3v) is 3.99. The number of aliphatic imine (C=N–C) groups is 1. The van der Waals surface area contributed by atoms with Gasteiger partial charge in [0.15, 0.2) is 6.61 Å². The molecule has 1 saturated carbocycles. The predicted molar refractivity (Wildman–Crippen MR) is 79.0 cm³/mol. The molecule has 8 heteroatoms. The zero-order valence-electron chi connectivity index (χ0n) is 13.9. The maximum atomic E-state index is 12.8. The average molecular weight is 334 g/mol. The molecular formula is C15H24F2N2O4. The molecule has 0 saturated heterocycles. The van der Waals surface area contributed by atoms with Gasteiger partial charge in [-0.2, -0.15) is 8.78 Å². The van der Waals surface area contributed by atoms with Crippen LogP contribution in [0.2, 0.25) is 0 Å². The van der Waals surface area contributed by atoms with Gasteiger partial charge in [0.25, 0.3) is 0 Å². The van der Waals surface area contributed by atoms with Crippen LogP contribution in [0.25, 0.3) is 0 Å². The average Bonchev–Trinajstić information content (AvgIpc) is 2.41. The molecule has 0 bridgehead atoms. The summed E-state index contributed by atoms with van der Waals surface area (Å²) < 4.78 is 34.0. The van der Waals surface area contributed by atoms with Crippen LogP contribution in [0.3, 0.4) is 0 Å². The number of isocyanates is 1. The zero-order valence-corrected chi connectivity index (χ0v) is 13.9. The van der Waals surface area contributed by atoms with Crippen molar-refractivity contribution in [3.05, 3.63) is 0 Å². The van der Waals surface area contributed by atoms with E-state index in [4.69, 9.17) is 0 Å². The number of carbonyl (C=O) groups is 1. The third-order valence-electron chi connectivity index (χ3n) is 3.99. The number of nitrogens with one attached hydrogen (secondary N) is 1. The Morgan fingerprint density at radius 3 is 2.61 bits per heavy atom. The fourth-order valence-corrected chi connectivity index (χ4v) is 3.42. The molecule has 1 fully saturated rings. The number of hydrogen-bond acceptors (Lipinski definition) is 5. The van der Waals surface area contributed by atoms with E-state index < -0.39 is 18.8 Å². The van der Waals surface area contributed by atoms with Crippen LogP contribution in [0.5, 0.6) is 0 Å². The van der Waals surface area contributed by atoms with Crippen molar-refractivity contribution in [2.45, 2.75) is 52.2 Å². The first kappa shape index (κ1) is 19.5. The molecule has 132 valence electrons. The molecule has 0 aromatic heterocycles. The Morgan fingerprint density at radius 2 is 2.04 bits per heavy atom. The van der Waals surface area contributed by atoms with Crippen LogP contribution in [0.15, 0.2) is 4.99 Å². The van der Waals surface area contributed by atoms with Crippen molar-refractivity contribution in [2.24, 2.45) is 15.8 Å². The van der Waals surface area contributed by atoms with E-state index in [1.54, 1.807) is 6.08 Å². The highest BCUT2D eigenvalue weighted by Gasteiger charge is 2.41. The maximum Gasteiger partial charge on any atom is 0.407 e. The highest BCUT2D eigenvalue weighted by Crippen LogP contribution is 2.46. The van der Waals surface area contributed by atoms with Gasteiger partial charge >= 0.3 is 12.2 Å². The molecule has 0 spiro atoms. The van der Waals surface area contributed by atoms with E-state index in [2.05, 4.69) is 33.6 Å². The Balaban J connectivity index is 2.57. The minimum absolute atomic E-state index is 0.0489. The van der Waals surface area contributed by atoms with E-state index in [0.717, 1.165) is 20.0 Å². The van der Waals surface area contributed by atoms with Crippen molar-refractivity contribution in [2.75, 3.05) is 20.3 Å². The Labute approximate surface area is 134 Å². The monoisotopic (exact) mass is 334 g/mol. The Kier molecular flexibility index (Phi) is 6.25. The lowest BCUT2D eigenvalue weighted by atomic mass is 9.63. The molecule has 6 nitrogen and oxygen atoms in total. The lowest BCUT2D eigenvalue weighted by Crippen LogP contribution is -2.45. The smallest absolute Gasteiger partial charge is 0.407 e. The number of methoxy groups -OCH3 is 1. The fourth-order valence-electron chi connectivity index (χ4n) is 3.42. The van der Waals surface area contributed by atoms with Crippen molar-refractivity contribution in [3.8, 4) is 0 Å². The summed E-state index contributed by atoms with van der Waals surface area (Å²) in [7, 11) is 0.833. The van der Waals surface area contributed by atoms with Gasteiger partial charge in [0.1, 0.15) is 0 Å². The highest BCUT2D eigenvalue weighted by atomic mass is 19.3. The molecule has 1 amide bonds. The SMILES string of the molecule is COC(F)(F)COC(=O)NCC1(C)CC(N=C=O)CC(C)(C)C1. The van der Waals surface area contributed by atoms with Crippen LogP contribution < -0.4 is 5.32 Å². The molecule has 1 rings (SSSR count). The first-order valence-corrected chi connectivity index (χ1v) is 7.41. The van der Waals surface area contributed by atoms with E-state index in [-0.39, 0.29) is 23.4 Å². The number of carbonyl (C=O) groups excluding carboxylic acids is 2. The summed E-state index contributed by atoms with van der Waals surface area (Å²) in [6.07, 6.45) is -0.662. The number of alkyl halides is 2. The van der Waals surface area contributed by atoms with Crippen LogP contribution in [-0.4, -0.2) is 44.6 Å². The Morgan fingerprint density at radius 1 is 1.39 bits per heavy atom. The Hall–Kier alpha value is -1.53. The minimum atomic E-state index is -3.50. The van der Waals surface area contributed by atoms with Crippen molar-refractivity contribution >= 4 is 12.2 Å². The zero-order chi connectivity index (χ0) is 17.7. The number of rotatable bonds is 6. The van der Waals surface area contributed by atoms with Crippen molar-refractivity contribution in [3.63, 3.8) is 0 Å².